The number of nitrogens with zero attached hydrogens (tertiary/aromatic N) is 1. The van der Waals surface area contributed by atoms with Crippen LogP contribution in [-0.4, -0.2) is 17.9 Å². The molecule has 0 aliphatic carbocycles. The van der Waals surface area contributed by atoms with Gasteiger partial charge in [0.15, 0.2) is 17.4 Å². The molecule has 0 spiro atoms. The van der Waals surface area contributed by atoms with Crippen molar-refractivity contribution in [3.05, 3.63) is 17.9 Å². The maximum atomic E-state index is 11.2. The Kier molecular flexibility index (Phi) is 3.03. The van der Waals surface area contributed by atoms with Crippen LogP contribution in [0.25, 0.3) is 0 Å². The molecule has 16 heavy (non-hydrogen) atoms. The SMILES string of the molecule is CCC1CCC(C)N1c1ccc(C(C)=O)o1. The Morgan fingerprint density at radius 1 is 1.50 bits per heavy atom. The van der Waals surface area contributed by atoms with Crippen LogP contribution in [0.2, 0.25) is 0 Å². The van der Waals surface area contributed by atoms with E-state index in [4.69, 9.17) is 4.42 Å². The molecule has 3 nitrogen and oxygen atoms in total. The number of anilines is 1. The Labute approximate surface area is 96.4 Å². The number of ketones is 1. The Bertz CT molecular complexity index is 383. The van der Waals surface area contributed by atoms with Gasteiger partial charge in [0, 0.05) is 25.1 Å². The van der Waals surface area contributed by atoms with Crippen LogP contribution in [0, 0.1) is 0 Å². The number of Topliss-reactive ketones (excluding diaryl/α,β-unsaturated/α-hetero) is 1. The molecule has 0 amide bonds. The van der Waals surface area contributed by atoms with Gasteiger partial charge in [-0.15, -0.1) is 0 Å². The summed E-state index contributed by atoms with van der Waals surface area (Å²) < 4.78 is 5.61. The molecule has 0 radical (unpaired) electrons. The van der Waals surface area contributed by atoms with Crippen LogP contribution in [0.15, 0.2) is 16.5 Å². The fourth-order valence-electron chi connectivity index (χ4n) is 2.53. The highest BCUT2D eigenvalue weighted by atomic mass is 16.4. The van der Waals surface area contributed by atoms with Crippen molar-refractivity contribution in [3.63, 3.8) is 0 Å². The number of carbonyl (C=O) groups is 1. The van der Waals surface area contributed by atoms with Crippen LogP contribution in [0.1, 0.15) is 50.6 Å². The minimum Gasteiger partial charge on any atom is -0.437 e. The van der Waals surface area contributed by atoms with E-state index in [9.17, 15) is 4.79 Å². The van der Waals surface area contributed by atoms with Gasteiger partial charge in [-0.2, -0.15) is 0 Å². The van der Waals surface area contributed by atoms with E-state index in [1.54, 1.807) is 6.07 Å². The minimum atomic E-state index is -0.00820. The molecule has 1 aromatic heterocycles. The summed E-state index contributed by atoms with van der Waals surface area (Å²) in [6.45, 7) is 5.95. The molecule has 1 aliphatic heterocycles. The molecule has 2 rings (SSSR count). The van der Waals surface area contributed by atoms with E-state index in [1.165, 1.54) is 19.8 Å². The molecule has 3 heteroatoms. The van der Waals surface area contributed by atoms with E-state index in [1.807, 2.05) is 6.07 Å². The second-order valence-electron chi connectivity index (χ2n) is 4.59. The molecular formula is C13H19NO2. The highest BCUT2D eigenvalue weighted by Gasteiger charge is 2.31. The van der Waals surface area contributed by atoms with Crippen molar-refractivity contribution in [3.8, 4) is 0 Å². The maximum Gasteiger partial charge on any atom is 0.196 e. The standard InChI is InChI=1S/C13H19NO2/c1-4-11-6-5-9(2)14(11)13-8-7-12(16-13)10(3)15/h7-9,11H,4-6H2,1-3H3. The molecule has 88 valence electrons. The van der Waals surface area contributed by atoms with Crippen LogP contribution in [-0.2, 0) is 0 Å². The van der Waals surface area contributed by atoms with Gasteiger partial charge >= 0.3 is 0 Å². The normalized spacial score (nSPS) is 25.1. The molecule has 1 saturated heterocycles. The van der Waals surface area contributed by atoms with Crippen LogP contribution >= 0.6 is 0 Å². The number of carbonyl (C=O) groups excluding carboxylic acids is 1. The molecule has 1 aromatic rings. The number of hydrogen-bond donors (Lipinski definition) is 0. The molecule has 1 fully saturated rings. The quantitative estimate of drug-likeness (QED) is 0.735. The number of furan rings is 1. The van der Waals surface area contributed by atoms with Crippen molar-refractivity contribution >= 4 is 11.7 Å². The molecule has 0 N–H and O–H groups in total. The highest BCUT2D eigenvalue weighted by molar-refractivity contribution is 5.91. The summed E-state index contributed by atoms with van der Waals surface area (Å²) in [4.78, 5) is 13.5. The van der Waals surface area contributed by atoms with E-state index in [2.05, 4.69) is 18.7 Å². The second-order valence-corrected chi connectivity index (χ2v) is 4.59. The summed E-state index contributed by atoms with van der Waals surface area (Å²) in [5.74, 6) is 1.30. The zero-order valence-corrected chi connectivity index (χ0v) is 10.2. The van der Waals surface area contributed by atoms with E-state index in [0.29, 0.717) is 17.8 Å². The number of rotatable bonds is 3. The Morgan fingerprint density at radius 2 is 2.25 bits per heavy atom. The first-order valence-electron chi connectivity index (χ1n) is 6.02. The van der Waals surface area contributed by atoms with E-state index < -0.39 is 0 Å². The lowest BCUT2D eigenvalue weighted by molar-refractivity contribution is 0.0987. The van der Waals surface area contributed by atoms with Crippen molar-refractivity contribution in [1.29, 1.82) is 0 Å². The van der Waals surface area contributed by atoms with Gasteiger partial charge in [0.25, 0.3) is 0 Å². The number of hydrogen-bond acceptors (Lipinski definition) is 3. The molecular weight excluding hydrogens is 202 g/mol. The topological polar surface area (TPSA) is 33.5 Å². The zero-order chi connectivity index (χ0) is 11.7. The average molecular weight is 221 g/mol. The first-order chi connectivity index (χ1) is 7.63. The lowest BCUT2D eigenvalue weighted by Gasteiger charge is -2.27. The van der Waals surface area contributed by atoms with Gasteiger partial charge in [0.2, 0.25) is 0 Å². The van der Waals surface area contributed by atoms with Gasteiger partial charge in [-0.25, -0.2) is 0 Å². The molecule has 0 saturated carbocycles. The lowest BCUT2D eigenvalue weighted by atomic mass is 10.2. The monoisotopic (exact) mass is 221 g/mol. The average Bonchev–Trinajstić information content (AvgIpc) is 2.83. The smallest absolute Gasteiger partial charge is 0.196 e. The third-order valence-electron chi connectivity index (χ3n) is 3.45. The van der Waals surface area contributed by atoms with Crippen LogP contribution in [0.4, 0.5) is 5.88 Å². The summed E-state index contributed by atoms with van der Waals surface area (Å²) >= 11 is 0. The van der Waals surface area contributed by atoms with Gasteiger partial charge < -0.3 is 9.32 Å². The lowest BCUT2D eigenvalue weighted by Crippen LogP contribution is -2.33. The van der Waals surface area contributed by atoms with Gasteiger partial charge in [-0.3, -0.25) is 4.79 Å². The van der Waals surface area contributed by atoms with E-state index in [0.717, 1.165) is 12.3 Å². The summed E-state index contributed by atoms with van der Waals surface area (Å²) in [5.41, 5.74) is 0. The van der Waals surface area contributed by atoms with Crippen molar-refractivity contribution in [2.24, 2.45) is 0 Å². The Balaban J connectivity index is 2.24. The van der Waals surface area contributed by atoms with Crippen molar-refractivity contribution in [2.45, 2.75) is 52.1 Å². The zero-order valence-electron chi connectivity index (χ0n) is 10.2. The predicted octanol–water partition coefficient (Wildman–Crippen LogP) is 3.25. The Hall–Kier alpha value is -1.25. The van der Waals surface area contributed by atoms with Crippen LogP contribution in [0.5, 0.6) is 0 Å². The Morgan fingerprint density at radius 3 is 2.81 bits per heavy atom. The van der Waals surface area contributed by atoms with Crippen molar-refractivity contribution < 1.29 is 9.21 Å². The molecule has 1 aliphatic rings. The summed E-state index contributed by atoms with van der Waals surface area (Å²) in [6, 6.07) is 4.76. The van der Waals surface area contributed by atoms with Crippen molar-refractivity contribution in [1.82, 2.24) is 0 Å². The van der Waals surface area contributed by atoms with Gasteiger partial charge in [0.05, 0.1) is 0 Å². The fraction of sp³-hybridized carbons (Fsp3) is 0.615. The third-order valence-corrected chi connectivity index (χ3v) is 3.45. The first kappa shape index (κ1) is 11.2. The fourth-order valence-corrected chi connectivity index (χ4v) is 2.53. The summed E-state index contributed by atoms with van der Waals surface area (Å²) in [5, 5.41) is 0. The molecule has 2 unspecified atom stereocenters. The molecule has 0 aromatic carbocycles. The first-order valence-corrected chi connectivity index (χ1v) is 6.02. The third kappa shape index (κ3) is 1.86. The molecule has 2 heterocycles. The second kappa shape index (κ2) is 4.32. The van der Waals surface area contributed by atoms with E-state index >= 15 is 0 Å². The summed E-state index contributed by atoms with van der Waals surface area (Å²) in [6.07, 6.45) is 3.54. The van der Waals surface area contributed by atoms with Gasteiger partial charge in [-0.05, 0) is 32.3 Å². The van der Waals surface area contributed by atoms with Crippen molar-refractivity contribution in [2.75, 3.05) is 4.90 Å². The van der Waals surface area contributed by atoms with E-state index in [-0.39, 0.29) is 5.78 Å². The van der Waals surface area contributed by atoms with Crippen LogP contribution in [0.3, 0.4) is 0 Å². The van der Waals surface area contributed by atoms with Crippen LogP contribution < -0.4 is 4.90 Å². The predicted molar refractivity (Wildman–Crippen MR) is 64.0 cm³/mol. The molecule has 2 atom stereocenters. The highest BCUT2D eigenvalue weighted by Crippen LogP contribution is 2.33. The minimum absolute atomic E-state index is 0.00820. The summed E-state index contributed by atoms with van der Waals surface area (Å²) in [7, 11) is 0. The largest absolute Gasteiger partial charge is 0.437 e. The molecule has 0 bridgehead atoms. The maximum absolute atomic E-state index is 11.2. The van der Waals surface area contributed by atoms with Gasteiger partial charge in [0.1, 0.15) is 0 Å². The van der Waals surface area contributed by atoms with Gasteiger partial charge in [-0.1, -0.05) is 6.92 Å².